The van der Waals surface area contributed by atoms with Crippen molar-refractivity contribution < 1.29 is 9.90 Å². The smallest absolute Gasteiger partial charge is 0.335 e. The van der Waals surface area contributed by atoms with Crippen LogP contribution in [-0.4, -0.2) is 11.1 Å². The van der Waals surface area contributed by atoms with Gasteiger partial charge in [-0.2, -0.15) is 0 Å². The van der Waals surface area contributed by atoms with Crippen LogP contribution in [0.25, 0.3) is 0 Å². The second-order valence-corrected chi connectivity index (χ2v) is 3.45. The topological polar surface area (TPSA) is 37.3 Å². The van der Waals surface area contributed by atoms with Gasteiger partial charge in [0.2, 0.25) is 0 Å². The molecule has 0 spiro atoms. The summed E-state index contributed by atoms with van der Waals surface area (Å²) in [6, 6.07) is 5.10. The quantitative estimate of drug-likeness (QED) is 0.801. The monoisotopic (exact) mass is 202 g/mol. The van der Waals surface area contributed by atoms with Gasteiger partial charge < -0.3 is 5.11 Å². The molecule has 2 nitrogen and oxygen atoms in total. The van der Waals surface area contributed by atoms with Gasteiger partial charge in [-0.1, -0.05) is 6.07 Å². The summed E-state index contributed by atoms with van der Waals surface area (Å²) < 4.78 is 0. The number of aromatic carboxylic acids is 1. The summed E-state index contributed by atoms with van der Waals surface area (Å²) in [6.45, 7) is 1.76. The molecule has 12 heavy (non-hydrogen) atoms. The number of benzene rings is 1. The number of aryl methyl sites for hydroxylation is 1. The van der Waals surface area contributed by atoms with E-state index in [-0.39, 0.29) is 0 Å². The van der Waals surface area contributed by atoms with Crippen LogP contribution in [0, 0.1) is 6.92 Å². The van der Waals surface area contributed by atoms with Gasteiger partial charge in [-0.15, -0.1) is 0 Å². The predicted molar refractivity (Wildman–Crippen MR) is 49.8 cm³/mol. The minimum Gasteiger partial charge on any atom is -0.478 e. The van der Waals surface area contributed by atoms with Gasteiger partial charge in [0, 0.05) is 4.90 Å². The molecule has 4 heteroatoms. The predicted octanol–water partition coefficient (Wildman–Crippen LogP) is 2.94. The highest BCUT2D eigenvalue weighted by atomic mass is 35.7. The fraction of sp³-hybridized carbons (Fsp3) is 0.125. The van der Waals surface area contributed by atoms with Crippen molar-refractivity contribution in [3.63, 3.8) is 0 Å². The van der Waals surface area contributed by atoms with E-state index in [2.05, 4.69) is 0 Å². The Kier molecular flexibility index (Phi) is 3.00. The Bertz CT molecular complexity index is 312. The van der Waals surface area contributed by atoms with E-state index in [1.54, 1.807) is 25.1 Å². The van der Waals surface area contributed by atoms with Gasteiger partial charge in [-0.05, 0) is 46.3 Å². The Balaban J connectivity index is 3.17. The Hall–Kier alpha value is -0.670. The van der Waals surface area contributed by atoms with Crippen LogP contribution in [0.15, 0.2) is 23.1 Å². The third kappa shape index (κ3) is 1.93. The fourth-order valence-corrected chi connectivity index (χ4v) is 1.45. The zero-order valence-electron chi connectivity index (χ0n) is 6.37. The summed E-state index contributed by atoms with van der Waals surface area (Å²) in [5.41, 5.74) is 1.05. The van der Waals surface area contributed by atoms with E-state index >= 15 is 0 Å². The van der Waals surface area contributed by atoms with Gasteiger partial charge in [0.05, 0.1) is 5.56 Å². The molecule has 0 bridgehead atoms. The standard InChI is InChI=1S/C8H7ClO2S/c1-5-2-3-6(12-9)4-7(5)8(10)11/h2-4H,1H3,(H,10,11). The van der Waals surface area contributed by atoms with E-state index in [9.17, 15) is 4.79 Å². The molecular formula is C8H7ClO2S. The number of carboxylic acid groups (broad SMARTS) is 1. The maximum atomic E-state index is 10.6. The third-order valence-electron chi connectivity index (χ3n) is 1.53. The summed E-state index contributed by atoms with van der Waals surface area (Å²) in [4.78, 5) is 11.4. The first kappa shape index (κ1) is 9.42. The Morgan fingerprint density at radius 1 is 1.58 bits per heavy atom. The molecule has 0 amide bonds. The van der Waals surface area contributed by atoms with Crippen LogP contribution in [0.2, 0.25) is 0 Å². The molecule has 1 aromatic rings. The molecular weight excluding hydrogens is 196 g/mol. The number of hydrogen-bond acceptors (Lipinski definition) is 2. The molecule has 1 N–H and O–H groups in total. The van der Waals surface area contributed by atoms with E-state index in [4.69, 9.17) is 15.8 Å². The van der Waals surface area contributed by atoms with E-state index in [1.165, 1.54) is 0 Å². The van der Waals surface area contributed by atoms with Crippen LogP contribution >= 0.6 is 21.7 Å². The first-order chi connectivity index (χ1) is 5.65. The van der Waals surface area contributed by atoms with Crippen molar-refractivity contribution in [2.45, 2.75) is 11.8 Å². The second kappa shape index (κ2) is 3.83. The van der Waals surface area contributed by atoms with E-state index in [1.807, 2.05) is 0 Å². The van der Waals surface area contributed by atoms with Crippen LogP contribution in [0.1, 0.15) is 15.9 Å². The van der Waals surface area contributed by atoms with Crippen molar-refractivity contribution in [1.29, 1.82) is 0 Å². The van der Waals surface area contributed by atoms with E-state index in [0.29, 0.717) is 5.56 Å². The molecule has 0 heterocycles. The SMILES string of the molecule is Cc1ccc(SCl)cc1C(=O)O. The first-order valence-corrected chi connectivity index (χ1v) is 4.92. The molecule has 1 aromatic carbocycles. The van der Waals surface area contributed by atoms with Gasteiger partial charge in [0.1, 0.15) is 0 Å². The largest absolute Gasteiger partial charge is 0.478 e. The lowest BCUT2D eigenvalue weighted by Crippen LogP contribution is -1.99. The van der Waals surface area contributed by atoms with Crippen molar-refractivity contribution in [2.24, 2.45) is 0 Å². The maximum absolute atomic E-state index is 10.6. The highest BCUT2D eigenvalue weighted by molar-refractivity contribution is 8.21. The van der Waals surface area contributed by atoms with Crippen molar-refractivity contribution in [1.82, 2.24) is 0 Å². The van der Waals surface area contributed by atoms with Gasteiger partial charge in [0.15, 0.2) is 0 Å². The average Bonchev–Trinajstić information content (AvgIpc) is 2.05. The van der Waals surface area contributed by atoms with Crippen molar-refractivity contribution in [3.8, 4) is 0 Å². The summed E-state index contributed by atoms with van der Waals surface area (Å²) in [5.74, 6) is -0.917. The first-order valence-electron chi connectivity index (χ1n) is 3.27. The van der Waals surface area contributed by atoms with Crippen LogP contribution in [0.5, 0.6) is 0 Å². The van der Waals surface area contributed by atoms with Crippen molar-refractivity contribution >= 4 is 27.6 Å². The minimum atomic E-state index is -0.917. The molecule has 0 aliphatic rings. The summed E-state index contributed by atoms with van der Waals surface area (Å²) >= 11 is 0. The zero-order valence-corrected chi connectivity index (χ0v) is 7.95. The number of hydrogen-bond donors (Lipinski definition) is 1. The molecule has 0 aliphatic carbocycles. The molecule has 0 unspecified atom stereocenters. The molecule has 1 rings (SSSR count). The van der Waals surface area contributed by atoms with Crippen molar-refractivity contribution in [2.75, 3.05) is 0 Å². The Labute approximate surface area is 79.0 Å². The Morgan fingerprint density at radius 2 is 2.25 bits per heavy atom. The summed E-state index contributed by atoms with van der Waals surface area (Å²) in [5, 5.41) is 8.73. The zero-order chi connectivity index (χ0) is 9.14. The Morgan fingerprint density at radius 3 is 2.75 bits per heavy atom. The summed E-state index contributed by atoms with van der Waals surface area (Å²) in [7, 11) is 6.50. The molecule has 0 atom stereocenters. The van der Waals surface area contributed by atoms with Gasteiger partial charge in [-0.25, -0.2) is 4.79 Å². The summed E-state index contributed by atoms with van der Waals surface area (Å²) in [6.07, 6.45) is 0. The normalized spacial score (nSPS) is 9.83. The fourth-order valence-electron chi connectivity index (χ4n) is 0.880. The molecule has 64 valence electrons. The molecule has 0 saturated heterocycles. The van der Waals surface area contributed by atoms with Gasteiger partial charge in [-0.3, -0.25) is 0 Å². The van der Waals surface area contributed by atoms with Crippen LogP contribution in [0.3, 0.4) is 0 Å². The number of halogens is 1. The molecule has 0 radical (unpaired) electrons. The lowest BCUT2D eigenvalue weighted by Gasteiger charge is -2.01. The lowest BCUT2D eigenvalue weighted by atomic mass is 10.1. The number of carbonyl (C=O) groups is 1. The number of rotatable bonds is 2. The van der Waals surface area contributed by atoms with Gasteiger partial charge in [0.25, 0.3) is 0 Å². The van der Waals surface area contributed by atoms with E-state index < -0.39 is 5.97 Å². The average molecular weight is 203 g/mol. The molecule has 0 aliphatic heterocycles. The van der Waals surface area contributed by atoms with Crippen LogP contribution < -0.4 is 0 Å². The van der Waals surface area contributed by atoms with Crippen LogP contribution in [-0.2, 0) is 0 Å². The van der Waals surface area contributed by atoms with Gasteiger partial charge >= 0.3 is 5.97 Å². The lowest BCUT2D eigenvalue weighted by molar-refractivity contribution is 0.0696. The third-order valence-corrected chi connectivity index (χ3v) is 2.50. The minimum absolute atomic E-state index is 0.306. The highest BCUT2D eigenvalue weighted by Gasteiger charge is 2.07. The van der Waals surface area contributed by atoms with Crippen LogP contribution in [0.4, 0.5) is 0 Å². The highest BCUT2D eigenvalue weighted by Crippen LogP contribution is 2.24. The van der Waals surface area contributed by atoms with Crippen molar-refractivity contribution in [3.05, 3.63) is 29.3 Å². The van der Waals surface area contributed by atoms with E-state index in [0.717, 1.165) is 21.4 Å². The maximum Gasteiger partial charge on any atom is 0.335 e. The molecule has 0 saturated carbocycles. The molecule has 0 fully saturated rings. The second-order valence-electron chi connectivity index (χ2n) is 2.36. The number of carboxylic acids is 1. The molecule has 0 aromatic heterocycles.